The summed E-state index contributed by atoms with van der Waals surface area (Å²) in [6.45, 7) is 9.95. The SMILES string of the molecule is COc1ccc(Sc2ccc(S(=O)(=O)N(C)C(C)C)cc2C(=O)N[C@@H](CC(N)=O)Cc2ccc(C(C)(C)C)cc2)cc1. The number of hydrogen-bond donors (Lipinski definition) is 2. The Morgan fingerprint density at radius 2 is 1.62 bits per heavy atom. The second kappa shape index (κ2) is 13.8. The third-order valence-corrected chi connectivity index (χ3v) is 10.1. The first kappa shape index (κ1) is 33.2. The second-order valence-corrected chi connectivity index (χ2v) is 14.7. The monoisotopic (exact) mass is 611 g/mol. The number of nitrogens with zero attached hydrogens (tertiary/aromatic N) is 1. The van der Waals surface area contributed by atoms with Crippen LogP contribution < -0.4 is 15.8 Å². The van der Waals surface area contributed by atoms with E-state index in [4.69, 9.17) is 10.5 Å². The highest BCUT2D eigenvalue weighted by Crippen LogP contribution is 2.34. The van der Waals surface area contributed by atoms with Crippen LogP contribution in [0.15, 0.2) is 81.4 Å². The average Bonchev–Trinajstić information content (AvgIpc) is 2.92. The van der Waals surface area contributed by atoms with Gasteiger partial charge >= 0.3 is 0 Å². The van der Waals surface area contributed by atoms with Crippen molar-refractivity contribution in [3.63, 3.8) is 0 Å². The van der Waals surface area contributed by atoms with Gasteiger partial charge < -0.3 is 15.8 Å². The van der Waals surface area contributed by atoms with E-state index in [1.165, 1.54) is 40.8 Å². The van der Waals surface area contributed by atoms with E-state index in [2.05, 4.69) is 26.1 Å². The molecule has 0 saturated carbocycles. The Bertz CT molecular complexity index is 1500. The molecule has 0 fully saturated rings. The minimum Gasteiger partial charge on any atom is -0.497 e. The number of sulfonamides is 1. The summed E-state index contributed by atoms with van der Waals surface area (Å²) in [5.74, 6) is -0.345. The zero-order valence-corrected chi connectivity index (χ0v) is 26.9. The van der Waals surface area contributed by atoms with Gasteiger partial charge in [0.15, 0.2) is 0 Å². The Labute approximate surface area is 254 Å². The largest absolute Gasteiger partial charge is 0.497 e. The quantitative estimate of drug-likeness (QED) is 0.284. The predicted octanol–water partition coefficient (Wildman–Crippen LogP) is 5.39. The Kier molecular flexibility index (Phi) is 10.9. The van der Waals surface area contributed by atoms with Crippen molar-refractivity contribution in [2.75, 3.05) is 14.2 Å². The van der Waals surface area contributed by atoms with Gasteiger partial charge in [0.25, 0.3) is 5.91 Å². The Hall–Kier alpha value is -3.34. The topological polar surface area (TPSA) is 119 Å². The molecule has 0 unspecified atom stereocenters. The van der Waals surface area contributed by atoms with E-state index < -0.39 is 27.9 Å². The molecule has 0 spiro atoms. The number of carbonyl (C=O) groups is 2. The van der Waals surface area contributed by atoms with Crippen LogP contribution in [0.4, 0.5) is 0 Å². The lowest BCUT2D eigenvalue weighted by Gasteiger charge is -2.23. The lowest BCUT2D eigenvalue weighted by molar-refractivity contribution is -0.118. The molecule has 0 aliphatic heterocycles. The van der Waals surface area contributed by atoms with Crippen molar-refractivity contribution in [2.24, 2.45) is 5.73 Å². The van der Waals surface area contributed by atoms with Gasteiger partial charge in [-0.1, -0.05) is 56.8 Å². The van der Waals surface area contributed by atoms with E-state index in [-0.39, 0.29) is 28.3 Å². The van der Waals surface area contributed by atoms with E-state index in [1.807, 2.05) is 48.5 Å². The lowest BCUT2D eigenvalue weighted by Crippen LogP contribution is -2.39. The van der Waals surface area contributed by atoms with Crippen LogP contribution in [-0.2, 0) is 26.7 Å². The molecule has 0 aliphatic carbocycles. The number of methoxy groups -OCH3 is 1. The number of ether oxygens (including phenoxy) is 1. The molecular formula is C32H41N3O5S2. The van der Waals surface area contributed by atoms with Crippen LogP contribution in [0, 0.1) is 0 Å². The van der Waals surface area contributed by atoms with Crippen molar-refractivity contribution in [1.82, 2.24) is 9.62 Å². The van der Waals surface area contributed by atoms with Crippen molar-refractivity contribution in [3.8, 4) is 5.75 Å². The van der Waals surface area contributed by atoms with Crippen molar-refractivity contribution >= 4 is 33.6 Å². The first-order chi connectivity index (χ1) is 19.6. The number of nitrogens with one attached hydrogen (secondary N) is 1. The van der Waals surface area contributed by atoms with Crippen LogP contribution in [0.25, 0.3) is 0 Å². The molecule has 10 heteroatoms. The van der Waals surface area contributed by atoms with E-state index in [9.17, 15) is 18.0 Å². The molecule has 0 bridgehead atoms. The molecule has 8 nitrogen and oxygen atoms in total. The van der Waals surface area contributed by atoms with Crippen LogP contribution in [0.2, 0.25) is 0 Å². The Morgan fingerprint density at radius 1 is 1.00 bits per heavy atom. The number of carbonyl (C=O) groups excluding carboxylic acids is 2. The summed E-state index contributed by atoms with van der Waals surface area (Å²) in [7, 11) is -0.761. The predicted molar refractivity (Wildman–Crippen MR) is 168 cm³/mol. The number of nitrogens with two attached hydrogens (primary N) is 1. The molecule has 42 heavy (non-hydrogen) atoms. The summed E-state index contributed by atoms with van der Waals surface area (Å²) >= 11 is 1.33. The summed E-state index contributed by atoms with van der Waals surface area (Å²) in [5, 5.41) is 2.95. The number of rotatable bonds is 12. The van der Waals surface area contributed by atoms with E-state index in [0.29, 0.717) is 17.1 Å². The third kappa shape index (κ3) is 8.59. The van der Waals surface area contributed by atoms with Crippen molar-refractivity contribution < 1.29 is 22.7 Å². The number of amides is 2. The fraction of sp³-hybridized carbons (Fsp3) is 0.375. The summed E-state index contributed by atoms with van der Waals surface area (Å²) in [6, 6.07) is 19.1. The van der Waals surface area contributed by atoms with Gasteiger partial charge in [-0.15, -0.1) is 0 Å². The van der Waals surface area contributed by atoms with Crippen molar-refractivity contribution in [2.45, 2.75) is 79.6 Å². The van der Waals surface area contributed by atoms with Crippen LogP contribution in [0.5, 0.6) is 5.75 Å². The van der Waals surface area contributed by atoms with Gasteiger partial charge in [-0.2, -0.15) is 4.31 Å². The third-order valence-electron chi connectivity index (χ3n) is 6.97. The molecule has 2 amide bonds. The van der Waals surface area contributed by atoms with Crippen molar-refractivity contribution in [3.05, 3.63) is 83.4 Å². The molecule has 3 rings (SSSR count). The number of benzene rings is 3. The number of hydrogen-bond acceptors (Lipinski definition) is 6. The van der Waals surface area contributed by atoms with Gasteiger partial charge in [0.1, 0.15) is 5.75 Å². The fourth-order valence-electron chi connectivity index (χ4n) is 4.26. The molecule has 226 valence electrons. The summed E-state index contributed by atoms with van der Waals surface area (Å²) < 4.78 is 33.1. The van der Waals surface area contributed by atoms with Gasteiger partial charge in [-0.25, -0.2) is 8.42 Å². The summed E-state index contributed by atoms with van der Waals surface area (Å²) in [5.41, 5.74) is 7.85. The zero-order valence-electron chi connectivity index (χ0n) is 25.3. The summed E-state index contributed by atoms with van der Waals surface area (Å²) in [6.07, 6.45) is 0.315. The lowest BCUT2D eigenvalue weighted by atomic mass is 9.86. The fourth-order valence-corrected chi connectivity index (χ4v) is 6.57. The first-order valence-corrected chi connectivity index (χ1v) is 16.0. The standard InChI is InChI=1S/C32H41N3O5S2/c1-21(2)35(6)42(38,39)27-16-17-29(41-26-14-12-25(40-7)13-15-26)28(20-27)31(37)34-24(19-30(33)36)18-22-8-10-23(11-9-22)32(3,4)5/h8-17,20-21,24H,18-19H2,1-7H3,(H2,33,36)(H,34,37)/t24-/m1/s1. The Morgan fingerprint density at radius 3 is 2.14 bits per heavy atom. The molecule has 0 aromatic heterocycles. The highest BCUT2D eigenvalue weighted by atomic mass is 32.2. The maximum Gasteiger partial charge on any atom is 0.252 e. The van der Waals surface area contributed by atoms with E-state index >= 15 is 0 Å². The minimum atomic E-state index is -3.85. The molecule has 3 aromatic rings. The van der Waals surface area contributed by atoms with Gasteiger partial charge in [-0.3, -0.25) is 9.59 Å². The van der Waals surface area contributed by atoms with Gasteiger partial charge in [0.2, 0.25) is 15.9 Å². The maximum absolute atomic E-state index is 13.8. The molecule has 0 radical (unpaired) electrons. The number of primary amides is 1. The van der Waals surface area contributed by atoms with Crippen LogP contribution in [0.3, 0.4) is 0 Å². The van der Waals surface area contributed by atoms with Gasteiger partial charge in [0, 0.05) is 35.3 Å². The molecule has 0 aliphatic rings. The van der Waals surface area contributed by atoms with Crippen LogP contribution in [0.1, 0.15) is 62.5 Å². The molecule has 1 atom stereocenters. The molecule has 0 heterocycles. The maximum atomic E-state index is 13.8. The van der Waals surface area contributed by atoms with Crippen molar-refractivity contribution in [1.29, 1.82) is 0 Å². The molecule has 3 aromatic carbocycles. The summed E-state index contributed by atoms with van der Waals surface area (Å²) in [4.78, 5) is 27.2. The van der Waals surface area contributed by atoms with E-state index in [1.54, 1.807) is 27.0 Å². The van der Waals surface area contributed by atoms with Gasteiger partial charge in [-0.05, 0) is 79.3 Å². The Balaban J connectivity index is 1.98. The van der Waals surface area contributed by atoms with Crippen LogP contribution >= 0.6 is 11.8 Å². The highest BCUT2D eigenvalue weighted by Gasteiger charge is 2.27. The smallest absolute Gasteiger partial charge is 0.252 e. The highest BCUT2D eigenvalue weighted by molar-refractivity contribution is 7.99. The molecular weight excluding hydrogens is 571 g/mol. The minimum absolute atomic E-state index is 0.00662. The zero-order chi connectivity index (χ0) is 31.2. The average molecular weight is 612 g/mol. The van der Waals surface area contributed by atoms with Crippen LogP contribution in [-0.4, -0.2) is 50.8 Å². The van der Waals surface area contributed by atoms with Gasteiger partial charge in [0.05, 0.1) is 17.6 Å². The molecule has 3 N–H and O–H groups in total. The first-order valence-electron chi connectivity index (χ1n) is 13.7. The normalized spacial score (nSPS) is 12.8. The second-order valence-electron chi connectivity index (χ2n) is 11.5. The van der Waals surface area contributed by atoms with E-state index in [0.717, 1.165) is 10.5 Å². The molecule has 0 saturated heterocycles.